The third-order valence-electron chi connectivity index (χ3n) is 7.18. The number of amides is 2. The number of ether oxygens (including phenoxy) is 3. The molecule has 0 bridgehead atoms. The SMILES string of the molecule is CNc1cncc(C(=O)N2C[C@H](Nc3c(C(=O)N4C[C@@H](C)O[C@@H](C)C4)cc(Br)cc3[N+](=O)[O-])C[C@@H](OCCOC)C2)c1. The van der Waals surface area contributed by atoms with E-state index in [4.69, 9.17) is 14.2 Å². The molecule has 3 heterocycles. The zero-order chi connectivity index (χ0) is 30.4. The number of halogens is 1. The van der Waals surface area contributed by atoms with Gasteiger partial charge in [0.2, 0.25) is 0 Å². The summed E-state index contributed by atoms with van der Waals surface area (Å²) in [5.74, 6) is -0.583. The van der Waals surface area contributed by atoms with Crippen molar-refractivity contribution in [1.29, 1.82) is 0 Å². The number of anilines is 2. The topological polar surface area (TPSA) is 148 Å². The van der Waals surface area contributed by atoms with Crippen LogP contribution >= 0.6 is 15.9 Å². The highest BCUT2D eigenvalue weighted by Crippen LogP contribution is 2.35. The van der Waals surface area contributed by atoms with Gasteiger partial charge in [-0.15, -0.1) is 0 Å². The minimum absolute atomic E-state index is 0.105. The quantitative estimate of drug-likeness (QED) is 0.223. The first kappa shape index (κ1) is 31.6. The number of nitrogens with one attached hydrogen (secondary N) is 2. The lowest BCUT2D eigenvalue weighted by molar-refractivity contribution is -0.384. The molecule has 1 aromatic carbocycles. The fourth-order valence-corrected chi connectivity index (χ4v) is 5.84. The Morgan fingerprint density at radius 2 is 1.81 bits per heavy atom. The average molecular weight is 650 g/mol. The van der Waals surface area contributed by atoms with Crippen LogP contribution in [0, 0.1) is 10.1 Å². The molecule has 0 aliphatic carbocycles. The number of nitro groups is 1. The van der Waals surface area contributed by atoms with Crippen LogP contribution in [0.2, 0.25) is 0 Å². The minimum atomic E-state index is -0.512. The molecule has 13 nitrogen and oxygen atoms in total. The van der Waals surface area contributed by atoms with Gasteiger partial charge in [0.15, 0.2) is 0 Å². The number of benzene rings is 1. The summed E-state index contributed by atoms with van der Waals surface area (Å²) in [4.78, 5) is 46.5. The summed E-state index contributed by atoms with van der Waals surface area (Å²) in [7, 11) is 3.32. The van der Waals surface area contributed by atoms with Crippen LogP contribution in [0.15, 0.2) is 35.1 Å². The maximum Gasteiger partial charge on any atom is 0.294 e. The molecule has 0 spiro atoms. The monoisotopic (exact) mass is 648 g/mol. The van der Waals surface area contributed by atoms with Crippen LogP contribution in [-0.4, -0.2) is 109 Å². The molecule has 4 rings (SSSR count). The van der Waals surface area contributed by atoms with Crippen LogP contribution in [0.4, 0.5) is 17.1 Å². The van der Waals surface area contributed by atoms with Crippen molar-refractivity contribution in [2.24, 2.45) is 0 Å². The first-order valence-corrected chi connectivity index (χ1v) is 14.6. The molecule has 0 saturated carbocycles. The lowest BCUT2D eigenvalue weighted by Gasteiger charge is -2.39. The summed E-state index contributed by atoms with van der Waals surface area (Å²) in [5.41, 5.74) is 1.13. The Morgan fingerprint density at radius 3 is 2.48 bits per heavy atom. The molecular weight excluding hydrogens is 612 g/mol. The van der Waals surface area contributed by atoms with E-state index < -0.39 is 11.0 Å². The molecule has 2 aliphatic heterocycles. The smallest absolute Gasteiger partial charge is 0.294 e. The molecule has 14 heteroatoms. The van der Waals surface area contributed by atoms with E-state index in [1.807, 2.05) is 13.8 Å². The summed E-state index contributed by atoms with van der Waals surface area (Å²) < 4.78 is 17.3. The molecule has 0 radical (unpaired) electrons. The van der Waals surface area contributed by atoms with Gasteiger partial charge in [0.1, 0.15) is 5.69 Å². The molecule has 0 unspecified atom stereocenters. The van der Waals surface area contributed by atoms with E-state index >= 15 is 0 Å². The Hall–Kier alpha value is -3.33. The molecule has 4 atom stereocenters. The summed E-state index contributed by atoms with van der Waals surface area (Å²) in [6.07, 6.45) is 2.86. The number of morpholine rings is 1. The molecular formula is C28H37BrN6O7. The van der Waals surface area contributed by atoms with Crippen LogP contribution in [0.1, 0.15) is 41.0 Å². The Kier molecular flexibility index (Phi) is 10.7. The number of piperidine rings is 1. The van der Waals surface area contributed by atoms with Gasteiger partial charge in [0.25, 0.3) is 17.5 Å². The van der Waals surface area contributed by atoms with E-state index in [-0.39, 0.29) is 53.6 Å². The number of carbonyl (C=O) groups is 2. The lowest BCUT2D eigenvalue weighted by atomic mass is 10.00. The third-order valence-corrected chi connectivity index (χ3v) is 7.64. The van der Waals surface area contributed by atoms with Gasteiger partial charge in [-0.25, -0.2) is 0 Å². The highest BCUT2D eigenvalue weighted by Gasteiger charge is 2.35. The van der Waals surface area contributed by atoms with Crippen molar-refractivity contribution in [3.8, 4) is 0 Å². The Bertz CT molecular complexity index is 1290. The van der Waals surface area contributed by atoms with Gasteiger partial charge in [-0.1, -0.05) is 15.9 Å². The van der Waals surface area contributed by atoms with Crippen LogP contribution in [-0.2, 0) is 14.2 Å². The summed E-state index contributed by atoms with van der Waals surface area (Å²) in [6, 6.07) is 4.23. The second-order valence-electron chi connectivity index (χ2n) is 10.6. The molecule has 2 aromatic rings. The molecule has 228 valence electrons. The van der Waals surface area contributed by atoms with E-state index in [2.05, 4.69) is 31.5 Å². The number of pyridine rings is 1. The van der Waals surface area contributed by atoms with Gasteiger partial charge < -0.3 is 34.6 Å². The number of aromatic nitrogens is 1. The maximum atomic E-state index is 13.8. The van der Waals surface area contributed by atoms with E-state index in [0.29, 0.717) is 55.0 Å². The summed E-state index contributed by atoms with van der Waals surface area (Å²) in [5, 5.41) is 18.5. The molecule has 2 N–H and O–H groups in total. The largest absolute Gasteiger partial charge is 0.387 e. The number of methoxy groups -OCH3 is 1. The molecule has 42 heavy (non-hydrogen) atoms. The molecule has 2 fully saturated rings. The van der Waals surface area contributed by atoms with Crippen molar-refractivity contribution in [3.63, 3.8) is 0 Å². The van der Waals surface area contributed by atoms with Gasteiger partial charge in [0.05, 0.1) is 53.3 Å². The van der Waals surface area contributed by atoms with E-state index in [0.717, 1.165) is 0 Å². The molecule has 2 amide bonds. The van der Waals surface area contributed by atoms with Crippen LogP contribution < -0.4 is 10.6 Å². The Morgan fingerprint density at radius 1 is 1.10 bits per heavy atom. The van der Waals surface area contributed by atoms with Gasteiger partial charge in [-0.2, -0.15) is 0 Å². The predicted octanol–water partition coefficient (Wildman–Crippen LogP) is 3.40. The number of nitro benzene ring substituents is 1. The Labute approximate surface area is 253 Å². The third kappa shape index (κ3) is 7.73. The maximum absolute atomic E-state index is 13.8. The van der Waals surface area contributed by atoms with Crippen LogP contribution in [0.3, 0.4) is 0 Å². The van der Waals surface area contributed by atoms with Crippen molar-refractivity contribution in [2.45, 2.75) is 44.6 Å². The summed E-state index contributed by atoms with van der Waals surface area (Å²) >= 11 is 3.34. The van der Waals surface area contributed by atoms with Crippen LogP contribution in [0.25, 0.3) is 0 Å². The number of hydrogen-bond acceptors (Lipinski definition) is 10. The van der Waals surface area contributed by atoms with Gasteiger partial charge in [0, 0.05) is 69.3 Å². The van der Waals surface area contributed by atoms with Crippen molar-refractivity contribution >= 4 is 44.8 Å². The first-order valence-electron chi connectivity index (χ1n) is 13.8. The second kappa shape index (κ2) is 14.2. The fourth-order valence-electron chi connectivity index (χ4n) is 5.39. The number of nitrogens with zero attached hydrogens (tertiary/aromatic N) is 4. The Balaban J connectivity index is 1.66. The molecule has 2 saturated heterocycles. The lowest BCUT2D eigenvalue weighted by Crippen LogP contribution is -2.52. The molecule has 1 aromatic heterocycles. The zero-order valence-corrected chi connectivity index (χ0v) is 25.8. The number of likely N-dealkylation sites (tertiary alicyclic amines) is 1. The van der Waals surface area contributed by atoms with Gasteiger partial charge in [-0.3, -0.25) is 24.7 Å². The van der Waals surface area contributed by atoms with E-state index in [9.17, 15) is 19.7 Å². The minimum Gasteiger partial charge on any atom is -0.387 e. The number of rotatable bonds is 10. The van der Waals surface area contributed by atoms with Crippen molar-refractivity contribution in [3.05, 3.63) is 56.3 Å². The fraction of sp³-hybridized carbons (Fsp3) is 0.536. The van der Waals surface area contributed by atoms with Crippen molar-refractivity contribution < 1.29 is 28.7 Å². The normalized spacial score (nSPS) is 22.5. The van der Waals surface area contributed by atoms with Gasteiger partial charge in [-0.05, 0) is 32.4 Å². The summed E-state index contributed by atoms with van der Waals surface area (Å²) in [6.45, 7) is 5.76. The number of hydrogen-bond donors (Lipinski definition) is 2. The van der Waals surface area contributed by atoms with Crippen molar-refractivity contribution in [2.75, 3.05) is 64.2 Å². The first-order chi connectivity index (χ1) is 20.1. The zero-order valence-electron chi connectivity index (χ0n) is 24.2. The average Bonchev–Trinajstić information content (AvgIpc) is 2.96. The highest BCUT2D eigenvalue weighted by atomic mass is 79.9. The van der Waals surface area contributed by atoms with Crippen LogP contribution in [0.5, 0.6) is 0 Å². The predicted molar refractivity (Wildman–Crippen MR) is 160 cm³/mol. The van der Waals surface area contributed by atoms with Crippen molar-refractivity contribution in [1.82, 2.24) is 14.8 Å². The second-order valence-corrected chi connectivity index (χ2v) is 11.5. The van der Waals surface area contributed by atoms with Gasteiger partial charge >= 0.3 is 0 Å². The number of carbonyl (C=O) groups excluding carboxylic acids is 2. The van der Waals surface area contributed by atoms with E-state index in [1.165, 1.54) is 12.3 Å². The standard InChI is InChI=1S/C28H37BrN6O7/c1-17-13-33(14-18(2)42-17)28(37)24-8-20(29)9-25(35(38)39)26(24)32-22-10-23(41-6-5-40-4)16-34(15-22)27(36)19-7-21(30-3)12-31-11-19/h7-9,11-12,17-18,22-23,30,32H,5-6,10,13-16H2,1-4H3/t17-,18+,22-,23-/m1/s1. The highest BCUT2D eigenvalue weighted by molar-refractivity contribution is 9.10. The molecule has 2 aliphatic rings. The van der Waals surface area contributed by atoms with E-state index in [1.54, 1.807) is 42.3 Å².